The summed E-state index contributed by atoms with van der Waals surface area (Å²) in [6.07, 6.45) is 3.43. The fourth-order valence-electron chi connectivity index (χ4n) is 2.20. The Labute approximate surface area is 103 Å². The second kappa shape index (κ2) is 6.62. The van der Waals surface area contributed by atoms with Crippen molar-refractivity contribution >= 4 is 5.69 Å². The lowest BCUT2D eigenvalue weighted by Gasteiger charge is -2.17. The first-order chi connectivity index (χ1) is 8.38. The van der Waals surface area contributed by atoms with Gasteiger partial charge in [-0.3, -0.25) is 0 Å². The van der Waals surface area contributed by atoms with E-state index in [0.717, 1.165) is 26.1 Å². The van der Waals surface area contributed by atoms with Gasteiger partial charge < -0.3 is 14.8 Å². The molecule has 1 aliphatic rings. The molecule has 0 aliphatic carbocycles. The molecule has 1 N–H and O–H groups in total. The average molecular weight is 235 g/mol. The van der Waals surface area contributed by atoms with Gasteiger partial charge in [-0.05, 0) is 37.0 Å². The standard InChI is InChI=1S/C14H21NO2/c1-16-11-12-4-2-5-14(10-12)15-13-6-3-8-17-9-7-13/h2,4-5,10,13,15H,3,6-9,11H2,1H3. The average Bonchev–Trinajstić information content (AvgIpc) is 2.59. The highest BCUT2D eigenvalue weighted by molar-refractivity contribution is 5.46. The number of anilines is 1. The third-order valence-electron chi connectivity index (χ3n) is 3.06. The summed E-state index contributed by atoms with van der Waals surface area (Å²) >= 11 is 0. The van der Waals surface area contributed by atoms with Crippen LogP contribution in [0.2, 0.25) is 0 Å². The van der Waals surface area contributed by atoms with Crippen LogP contribution >= 0.6 is 0 Å². The summed E-state index contributed by atoms with van der Waals surface area (Å²) in [5, 5.41) is 3.58. The van der Waals surface area contributed by atoms with E-state index in [9.17, 15) is 0 Å². The van der Waals surface area contributed by atoms with Crippen LogP contribution in [0.1, 0.15) is 24.8 Å². The number of rotatable bonds is 4. The highest BCUT2D eigenvalue weighted by Gasteiger charge is 2.11. The Balaban J connectivity index is 1.94. The molecule has 2 rings (SSSR count). The van der Waals surface area contributed by atoms with Crippen LogP contribution in [0.5, 0.6) is 0 Å². The number of benzene rings is 1. The lowest BCUT2D eigenvalue weighted by atomic mass is 10.1. The minimum Gasteiger partial charge on any atom is -0.382 e. The van der Waals surface area contributed by atoms with E-state index < -0.39 is 0 Å². The van der Waals surface area contributed by atoms with Crippen molar-refractivity contribution in [1.82, 2.24) is 0 Å². The second-order valence-corrected chi connectivity index (χ2v) is 4.52. The fourth-order valence-corrected chi connectivity index (χ4v) is 2.20. The molecule has 1 aromatic rings. The van der Waals surface area contributed by atoms with Gasteiger partial charge in [0.1, 0.15) is 0 Å². The summed E-state index contributed by atoms with van der Waals surface area (Å²) in [5.41, 5.74) is 2.40. The van der Waals surface area contributed by atoms with Crippen LogP contribution in [0, 0.1) is 0 Å². The zero-order chi connectivity index (χ0) is 11.9. The molecule has 1 atom stereocenters. The predicted molar refractivity (Wildman–Crippen MR) is 69.2 cm³/mol. The van der Waals surface area contributed by atoms with Crippen molar-refractivity contribution in [2.75, 3.05) is 25.6 Å². The molecule has 0 radical (unpaired) electrons. The van der Waals surface area contributed by atoms with Gasteiger partial charge in [0.25, 0.3) is 0 Å². The Kier molecular flexibility index (Phi) is 4.83. The number of hydrogen-bond donors (Lipinski definition) is 1. The van der Waals surface area contributed by atoms with Crippen LogP contribution in [0.3, 0.4) is 0 Å². The van der Waals surface area contributed by atoms with Gasteiger partial charge in [0.2, 0.25) is 0 Å². The van der Waals surface area contributed by atoms with Crippen molar-refractivity contribution < 1.29 is 9.47 Å². The lowest BCUT2D eigenvalue weighted by molar-refractivity contribution is 0.144. The minimum absolute atomic E-state index is 0.537. The third-order valence-corrected chi connectivity index (χ3v) is 3.06. The summed E-state index contributed by atoms with van der Waals surface area (Å²) < 4.78 is 10.6. The Morgan fingerprint density at radius 1 is 1.35 bits per heavy atom. The molecule has 1 fully saturated rings. The first-order valence-electron chi connectivity index (χ1n) is 6.30. The number of nitrogens with one attached hydrogen (secondary N) is 1. The second-order valence-electron chi connectivity index (χ2n) is 4.52. The Bertz CT molecular complexity index is 333. The van der Waals surface area contributed by atoms with Gasteiger partial charge in [-0.2, -0.15) is 0 Å². The zero-order valence-corrected chi connectivity index (χ0v) is 10.4. The van der Waals surface area contributed by atoms with Crippen molar-refractivity contribution in [2.45, 2.75) is 31.9 Å². The molecule has 3 nitrogen and oxygen atoms in total. The first kappa shape index (κ1) is 12.4. The van der Waals surface area contributed by atoms with E-state index >= 15 is 0 Å². The molecule has 17 heavy (non-hydrogen) atoms. The van der Waals surface area contributed by atoms with Gasteiger partial charge in [-0.15, -0.1) is 0 Å². The van der Waals surface area contributed by atoms with E-state index in [1.54, 1.807) is 7.11 Å². The maximum absolute atomic E-state index is 5.46. The summed E-state index contributed by atoms with van der Waals surface area (Å²) in [6, 6.07) is 8.98. The first-order valence-corrected chi connectivity index (χ1v) is 6.30. The van der Waals surface area contributed by atoms with Crippen LogP contribution in [0.25, 0.3) is 0 Å². The number of hydrogen-bond acceptors (Lipinski definition) is 3. The summed E-state index contributed by atoms with van der Waals surface area (Å²) in [4.78, 5) is 0. The Hall–Kier alpha value is -1.06. The van der Waals surface area contributed by atoms with Gasteiger partial charge >= 0.3 is 0 Å². The van der Waals surface area contributed by atoms with Crippen LogP contribution < -0.4 is 5.32 Å². The molecular weight excluding hydrogens is 214 g/mol. The van der Waals surface area contributed by atoms with Gasteiger partial charge in [-0.1, -0.05) is 12.1 Å². The van der Waals surface area contributed by atoms with Gasteiger partial charge in [0.05, 0.1) is 6.61 Å². The van der Waals surface area contributed by atoms with Crippen molar-refractivity contribution in [3.63, 3.8) is 0 Å². The maximum Gasteiger partial charge on any atom is 0.0713 e. The number of ether oxygens (including phenoxy) is 2. The van der Waals surface area contributed by atoms with E-state index in [4.69, 9.17) is 9.47 Å². The third kappa shape index (κ3) is 4.02. The largest absolute Gasteiger partial charge is 0.382 e. The summed E-state index contributed by atoms with van der Waals surface area (Å²) in [6.45, 7) is 2.45. The van der Waals surface area contributed by atoms with Crippen LogP contribution in [0.4, 0.5) is 5.69 Å². The van der Waals surface area contributed by atoms with E-state index in [0.29, 0.717) is 12.6 Å². The minimum atomic E-state index is 0.537. The van der Waals surface area contributed by atoms with Crippen LogP contribution in [-0.2, 0) is 16.1 Å². The van der Waals surface area contributed by atoms with Crippen molar-refractivity contribution in [2.24, 2.45) is 0 Å². The summed E-state index contributed by atoms with van der Waals surface area (Å²) in [5.74, 6) is 0. The SMILES string of the molecule is COCc1cccc(NC2CCCOCC2)c1. The molecule has 1 aliphatic heterocycles. The van der Waals surface area contributed by atoms with Crippen LogP contribution in [0.15, 0.2) is 24.3 Å². The van der Waals surface area contributed by atoms with Gasteiger partial charge in [0.15, 0.2) is 0 Å². The molecule has 1 aromatic carbocycles. The normalized spacial score (nSPS) is 20.9. The predicted octanol–water partition coefficient (Wildman–Crippen LogP) is 2.81. The topological polar surface area (TPSA) is 30.5 Å². The maximum atomic E-state index is 5.46. The van der Waals surface area contributed by atoms with Crippen LogP contribution in [-0.4, -0.2) is 26.4 Å². The molecule has 0 saturated carbocycles. The molecule has 1 saturated heterocycles. The highest BCUT2D eigenvalue weighted by Crippen LogP contribution is 2.17. The smallest absolute Gasteiger partial charge is 0.0713 e. The quantitative estimate of drug-likeness (QED) is 0.870. The van der Waals surface area contributed by atoms with Crippen molar-refractivity contribution in [3.05, 3.63) is 29.8 Å². The van der Waals surface area contributed by atoms with E-state index in [-0.39, 0.29) is 0 Å². The fraction of sp³-hybridized carbons (Fsp3) is 0.571. The molecule has 1 unspecified atom stereocenters. The van der Waals surface area contributed by atoms with Crippen molar-refractivity contribution in [1.29, 1.82) is 0 Å². The molecule has 0 aromatic heterocycles. The van der Waals surface area contributed by atoms with E-state index in [2.05, 4.69) is 29.6 Å². The van der Waals surface area contributed by atoms with Crippen molar-refractivity contribution in [3.8, 4) is 0 Å². The van der Waals surface area contributed by atoms with E-state index in [1.807, 2.05) is 0 Å². The zero-order valence-electron chi connectivity index (χ0n) is 10.4. The monoisotopic (exact) mass is 235 g/mol. The molecular formula is C14H21NO2. The highest BCUT2D eigenvalue weighted by atomic mass is 16.5. The van der Waals surface area contributed by atoms with Gasteiger partial charge in [0, 0.05) is 32.1 Å². The number of methoxy groups -OCH3 is 1. The molecule has 1 heterocycles. The molecule has 0 amide bonds. The molecule has 94 valence electrons. The molecule has 0 bridgehead atoms. The Morgan fingerprint density at radius 3 is 3.18 bits per heavy atom. The molecule has 3 heteroatoms. The van der Waals surface area contributed by atoms with E-state index in [1.165, 1.54) is 17.7 Å². The lowest BCUT2D eigenvalue weighted by Crippen LogP contribution is -2.19. The molecule has 0 spiro atoms. The Morgan fingerprint density at radius 2 is 2.29 bits per heavy atom. The van der Waals surface area contributed by atoms with Gasteiger partial charge in [-0.25, -0.2) is 0 Å². The summed E-state index contributed by atoms with van der Waals surface area (Å²) in [7, 11) is 1.72.